The molecule has 1 heterocycles. The van der Waals surface area contributed by atoms with Gasteiger partial charge in [-0.05, 0) is 22.0 Å². The van der Waals surface area contributed by atoms with Crippen LogP contribution in [0.3, 0.4) is 0 Å². The predicted molar refractivity (Wildman–Crippen MR) is 68.6 cm³/mol. The quantitative estimate of drug-likeness (QED) is 0.779. The first-order valence-corrected chi connectivity index (χ1v) is 6.25. The largest absolute Gasteiger partial charge is 0.358 e. The van der Waals surface area contributed by atoms with E-state index in [4.69, 9.17) is 11.6 Å². The van der Waals surface area contributed by atoms with Crippen molar-refractivity contribution in [1.82, 2.24) is 4.98 Å². The molecule has 1 aromatic heterocycles. The highest BCUT2D eigenvalue weighted by molar-refractivity contribution is 9.10. The highest BCUT2D eigenvalue weighted by Crippen LogP contribution is 2.26. The molecule has 0 aliphatic rings. The maximum absolute atomic E-state index is 5.81. The third-order valence-corrected chi connectivity index (χ3v) is 2.76. The topological polar surface area (TPSA) is 16.1 Å². The van der Waals surface area contributed by atoms with Crippen LogP contribution < -0.4 is 4.90 Å². The standard InChI is InChI=1S/C9H11Br2ClN2/c1-6(10)5-14(2)9-8(11)3-7(12)4-13-9/h3-4,6H,5H2,1-2H3. The number of hydrogen-bond acceptors (Lipinski definition) is 2. The van der Waals surface area contributed by atoms with E-state index in [1.165, 1.54) is 0 Å². The van der Waals surface area contributed by atoms with E-state index in [-0.39, 0.29) is 0 Å². The smallest absolute Gasteiger partial charge is 0.142 e. The molecule has 0 saturated carbocycles. The van der Waals surface area contributed by atoms with Gasteiger partial charge in [-0.25, -0.2) is 4.98 Å². The summed E-state index contributed by atoms with van der Waals surface area (Å²) >= 11 is 12.7. The Balaban J connectivity index is 2.84. The molecular weight excluding hydrogens is 331 g/mol. The number of anilines is 1. The number of nitrogens with zero attached hydrogens (tertiary/aromatic N) is 2. The molecule has 0 aliphatic carbocycles. The minimum absolute atomic E-state index is 0.428. The maximum Gasteiger partial charge on any atom is 0.142 e. The van der Waals surface area contributed by atoms with Crippen molar-refractivity contribution in [2.45, 2.75) is 11.8 Å². The Hall–Kier alpha value is 0.200. The molecule has 0 spiro atoms. The average molecular weight is 342 g/mol. The van der Waals surface area contributed by atoms with E-state index in [2.05, 4.69) is 48.7 Å². The van der Waals surface area contributed by atoms with Gasteiger partial charge in [-0.2, -0.15) is 0 Å². The molecule has 0 amide bonds. The first-order chi connectivity index (χ1) is 6.50. The molecule has 0 aliphatic heterocycles. The molecule has 1 unspecified atom stereocenters. The van der Waals surface area contributed by atoms with Crippen molar-refractivity contribution < 1.29 is 0 Å². The van der Waals surface area contributed by atoms with Crippen LogP contribution in [0.4, 0.5) is 5.82 Å². The number of pyridine rings is 1. The Bertz CT molecular complexity index is 318. The highest BCUT2D eigenvalue weighted by Gasteiger charge is 2.09. The van der Waals surface area contributed by atoms with Gasteiger partial charge in [0.15, 0.2) is 0 Å². The summed E-state index contributed by atoms with van der Waals surface area (Å²) in [6.45, 7) is 2.99. The highest BCUT2D eigenvalue weighted by atomic mass is 79.9. The van der Waals surface area contributed by atoms with E-state index in [1.54, 1.807) is 6.20 Å². The molecule has 0 radical (unpaired) electrons. The second kappa shape index (κ2) is 5.33. The van der Waals surface area contributed by atoms with Gasteiger partial charge in [0.25, 0.3) is 0 Å². The summed E-state index contributed by atoms with van der Waals surface area (Å²) in [6.07, 6.45) is 1.65. The van der Waals surface area contributed by atoms with Crippen molar-refractivity contribution in [3.8, 4) is 0 Å². The van der Waals surface area contributed by atoms with E-state index < -0.39 is 0 Å². The maximum atomic E-state index is 5.81. The Morgan fingerprint density at radius 3 is 2.79 bits per heavy atom. The van der Waals surface area contributed by atoms with Gasteiger partial charge in [0.2, 0.25) is 0 Å². The van der Waals surface area contributed by atoms with Crippen LogP contribution in [0.25, 0.3) is 0 Å². The molecule has 1 aromatic rings. The Kier molecular flexibility index (Phi) is 4.67. The summed E-state index contributed by atoms with van der Waals surface area (Å²) < 4.78 is 0.917. The van der Waals surface area contributed by atoms with Gasteiger partial charge in [0, 0.05) is 24.6 Å². The van der Waals surface area contributed by atoms with Gasteiger partial charge in [-0.3, -0.25) is 0 Å². The van der Waals surface area contributed by atoms with Crippen LogP contribution >= 0.6 is 43.5 Å². The molecule has 0 saturated heterocycles. The molecule has 14 heavy (non-hydrogen) atoms. The Labute approximate surface area is 106 Å². The lowest BCUT2D eigenvalue weighted by Crippen LogP contribution is -2.25. The van der Waals surface area contributed by atoms with Crippen molar-refractivity contribution in [2.75, 3.05) is 18.5 Å². The van der Waals surface area contributed by atoms with Crippen LogP contribution in [0.5, 0.6) is 0 Å². The minimum Gasteiger partial charge on any atom is -0.358 e. The summed E-state index contributed by atoms with van der Waals surface area (Å²) in [5.41, 5.74) is 0. The lowest BCUT2D eigenvalue weighted by atomic mass is 10.4. The van der Waals surface area contributed by atoms with Gasteiger partial charge in [0.1, 0.15) is 5.82 Å². The zero-order chi connectivity index (χ0) is 10.7. The zero-order valence-corrected chi connectivity index (χ0v) is 11.9. The fourth-order valence-electron chi connectivity index (χ4n) is 1.15. The molecule has 1 atom stereocenters. The fraction of sp³-hybridized carbons (Fsp3) is 0.444. The third-order valence-electron chi connectivity index (χ3n) is 1.68. The van der Waals surface area contributed by atoms with Crippen molar-refractivity contribution >= 4 is 49.3 Å². The molecule has 2 nitrogen and oxygen atoms in total. The molecule has 78 valence electrons. The minimum atomic E-state index is 0.428. The zero-order valence-electron chi connectivity index (χ0n) is 7.97. The Morgan fingerprint density at radius 1 is 1.64 bits per heavy atom. The van der Waals surface area contributed by atoms with Crippen LogP contribution in [0, 0.1) is 0 Å². The van der Waals surface area contributed by atoms with Gasteiger partial charge in [-0.1, -0.05) is 34.5 Å². The Morgan fingerprint density at radius 2 is 2.29 bits per heavy atom. The van der Waals surface area contributed by atoms with Crippen LogP contribution in [-0.2, 0) is 0 Å². The van der Waals surface area contributed by atoms with Gasteiger partial charge in [-0.15, -0.1) is 0 Å². The van der Waals surface area contributed by atoms with Gasteiger partial charge >= 0.3 is 0 Å². The van der Waals surface area contributed by atoms with E-state index in [9.17, 15) is 0 Å². The fourth-order valence-corrected chi connectivity index (χ4v) is 2.53. The molecule has 0 N–H and O–H groups in total. The van der Waals surface area contributed by atoms with E-state index in [0.29, 0.717) is 9.85 Å². The summed E-state index contributed by atoms with van der Waals surface area (Å²) in [5, 5.41) is 0.640. The van der Waals surface area contributed by atoms with Gasteiger partial charge in [0.05, 0.1) is 9.50 Å². The molecule has 5 heteroatoms. The molecule has 0 bridgehead atoms. The van der Waals surface area contributed by atoms with Crippen LogP contribution in [0.1, 0.15) is 6.92 Å². The lowest BCUT2D eigenvalue weighted by Gasteiger charge is -2.20. The predicted octanol–water partition coefficient (Wildman–Crippen LogP) is 3.72. The van der Waals surface area contributed by atoms with Crippen molar-refractivity contribution in [1.29, 1.82) is 0 Å². The van der Waals surface area contributed by atoms with E-state index in [0.717, 1.165) is 16.8 Å². The number of hydrogen-bond donors (Lipinski definition) is 0. The van der Waals surface area contributed by atoms with Crippen LogP contribution in [0.2, 0.25) is 5.02 Å². The monoisotopic (exact) mass is 340 g/mol. The molecule has 0 fully saturated rings. The van der Waals surface area contributed by atoms with Crippen LogP contribution in [0.15, 0.2) is 16.7 Å². The third kappa shape index (κ3) is 3.41. The lowest BCUT2D eigenvalue weighted by molar-refractivity contribution is 0.858. The van der Waals surface area contributed by atoms with Crippen molar-refractivity contribution in [2.24, 2.45) is 0 Å². The SMILES string of the molecule is CC(Br)CN(C)c1ncc(Cl)cc1Br. The average Bonchev–Trinajstić information content (AvgIpc) is 2.01. The van der Waals surface area contributed by atoms with Crippen molar-refractivity contribution in [3.05, 3.63) is 21.8 Å². The normalized spacial score (nSPS) is 12.6. The molecule has 1 rings (SSSR count). The number of halogens is 3. The second-order valence-electron chi connectivity index (χ2n) is 3.12. The summed E-state index contributed by atoms with van der Waals surface area (Å²) in [6, 6.07) is 1.85. The molecule has 0 aromatic carbocycles. The molecular formula is C9H11Br2ClN2. The van der Waals surface area contributed by atoms with E-state index >= 15 is 0 Å². The van der Waals surface area contributed by atoms with Gasteiger partial charge < -0.3 is 4.90 Å². The summed E-state index contributed by atoms with van der Waals surface area (Å²) in [5.74, 6) is 0.903. The number of alkyl halides is 1. The number of rotatable bonds is 3. The van der Waals surface area contributed by atoms with E-state index in [1.807, 2.05) is 13.1 Å². The summed E-state index contributed by atoms with van der Waals surface area (Å²) in [7, 11) is 2.00. The summed E-state index contributed by atoms with van der Waals surface area (Å²) in [4.78, 5) is 6.75. The first-order valence-electron chi connectivity index (χ1n) is 4.17. The van der Waals surface area contributed by atoms with Crippen molar-refractivity contribution in [3.63, 3.8) is 0 Å². The number of aromatic nitrogens is 1. The second-order valence-corrected chi connectivity index (χ2v) is 5.97. The van der Waals surface area contributed by atoms with Crippen LogP contribution in [-0.4, -0.2) is 23.4 Å². The first kappa shape index (κ1) is 12.3.